The van der Waals surface area contributed by atoms with Crippen LogP contribution >= 0.6 is 11.8 Å². The van der Waals surface area contributed by atoms with Crippen molar-refractivity contribution in [1.82, 2.24) is 15.2 Å². The van der Waals surface area contributed by atoms with Crippen LogP contribution < -0.4 is 10.1 Å². The van der Waals surface area contributed by atoms with Crippen LogP contribution in [0.2, 0.25) is 0 Å². The van der Waals surface area contributed by atoms with Crippen molar-refractivity contribution in [2.24, 2.45) is 0 Å². The van der Waals surface area contributed by atoms with E-state index in [9.17, 15) is 4.79 Å². The van der Waals surface area contributed by atoms with Crippen molar-refractivity contribution < 1.29 is 9.53 Å². The van der Waals surface area contributed by atoms with Gasteiger partial charge in [-0.05, 0) is 31.2 Å². The van der Waals surface area contributed by atoms with Crippen molar-refractivity contribution in [3.05, 3.63) is 54.1 Å². The Morgan fingerprint density at radius 3 is 2.56 bits per heavy atom. The number of ether oxygens (including phenoxy) is 1. The first kappa shape index (κ1) is 17.0. The van der Waals surface area contributed by atoms with E-state index in [1.165, 1.54) is 17.3 Å². The lowest BCUT2D eigenvalue weighted by Crippen LogP contribution is -2.14. The third kappa shape index (κ3) is 4.60. The summed E-state index contributed by atoms with van der Waals surface area (Å²) in [6.07, 6.45) is 0. The fourth-order valence-corrected chi connectivity index (χ4v) is 2.75. The molecule has 3 aromatic rings. The normalized spacial score (nSPS) is 10.5. The van der Waals surface area contributed by atoms with Crippen molar-refractivity contribution in [3.63, 3.8) is 0 Å². The Hall–Kier alpha value is -2.80. The molecule has 128 valence electrons. The van der Waals surface area contributed by atoms with Gasteiger partial charge in [0.15, 0.2) is 5.82 Å². The van der Waals surface area contributed by atoms with Crippen LogP contribution in [0.15, 0.2) is 53.7 Å². The number of hydrogen-bond acceptors (Lipinski definition) is 5. The lowest BCUT2D eigenvalue weighted by Gasteiger charge is -2.05. The summed E-state index contributed by atoms with van der Waals surface area (Å²) in [5.74, 6) is 1.56. The standard InChI is InChI=1S/C18H18N4O2S/c1-12-3-5-13(6-4-12)17-20-18(22-21-17)25-11-16(23)19-14-7-9-15(24-2)10-8-14/h3-10H,11H2,1-2H3,(H,19,23)(H,20,21,22). The molecule has 0 spiro atoms. The molecule has 2 aromatic carbocycles. The number of methoxy groups -OCH3 is 1. The number of nitrogens with zero attached hydrogens (tertiary/aromatic N) is 2. The first-order valence-electron chi connectivity index (χ1n) is 7.70. The van der Waals surface area contributed by atoms with E-state index in [1.807, 2.05) is 31.2 Å². The molecule has 0 saturated heterocycles. The Morgan fingerprint density at radius 1 is 1.16 bits per heavy atom. The van der Waals surface area contributed by atoms with E-state index >= 15 is 0 Å². The van der Waals surface area contributed by atoms with Crippen LogP contribution in [-0.4, -0.2) is 34.0 Å². The summed E-state index contributed by atoms with van der Waals surface area (Å²) in [4.78, 5) is 16.4. The van der Waals surface area contributed by atoms with Gasteiger partial charge in [0.2, 0.25) is 11.1 Å². The Bertz CT molecular complexity index is 844. The van der Waals surface area contributed by atoms with E-state index < -0.39 is 0 Å². The molecule has 0 atom stereocenters. The van der Waals surface area contributed by atoms with Crippen LogP contribution in [0, 0.1) is 6.92 Å². The maximum Gasteiger partial charge on any atom is 0.234 e. The average molecular weight is 354 g/mol. The van der Waals surface area contributed by atoms with E-state index in [0.717, 1.165) is 17.0 Å². The molecule has 0 radical (unpaired) electrons. The highest BCUT2D eigenvalue weighted by Crippen LogP contribution is 2.20. The predicted octanol–water partition coefficient (Wildman–Crippen LogP) is 3.52. The minimum absolute atomic E-state index is 0.114. The fourth-order valence-electron chi connectivity index (χ4n) is 2.15. The van der Waals surface area contributed by atoms with E-state index in [1.54, 1.807) is 31.4 Å². The average Bonchev–Trinajstić information content (AvgIpc) is 3.10. The maximum absolute atomic E-state index is 12.0. The fraction of sp³-hybridized carbons (Fsp3) is 0.167. The molecule has 7 heteroatoms. The number of amides is 1. The topological polar surface area (TPSA) is 79.9 Å². The van der Waals surface area contributed by atoms with Crippen LogP contribution in [-0.2, 0) is 4.79 Å². The number of H-pyrrole nitrogens is 1. The van der Waals surface area contributed by atoms with Gasteiger partial charge in [0.25, 0.3) is 0 Å². The first-order valence-corrected chi connectivity index (χ1v) is 8.69. The number of hydrogen-bond donors (Lipinski definition) is 2. The van der Waals surface area contributed by atoms with Gasteiger partial charge in [-0.25, -0.2) is 4.98 Å². The summed E-state index contributed by atoms with van der Waals surface area (Å²) in [6, 6.07) is 15.2. The predicted molar refractivity (Wildman–Crippen MR) is 98.9 cm³/mol. The molecule has 0 aliphatic carbocycles. The number of benzene rings is 2. The van der Waals surface area contributed by atoms with E-state index in [4.69, 9.17) is 4.74 Å². The third-order valence-corrected chi connectivity index (χ3v) is 4.34. The third-order valence-electron chi connectivity index (χ3n) is 3.50. The highest BCUT2D eigenvalue weighted by atomic mass is 32.2. The second-order valence-electron chi connectivity index (χ2n) is 5.40. The van der Waals surface area contributed by atoms with Crippen LogP contribution in [0.3, 0.4) is 0 Å². The first-order chi connectivity index (χ1) is 12.1. The summed E-state index contributed by atoms with van der Waals surface area (Å²) in [5, 5.41) is 10.4. The monoisotopic (exact) mass is 354 g/mol. The molecular weight excluding hydrogens is 336 g/mol. The molecule has 2 N–H and O–H groups in total. The molecule has 0 aliphatic heterocycles. The molecule has 0 bridgehead atoms. The van der Waals surface area contributed by atoms with Gasteiger partial charge >= 0.3 is 0 Å². The molecule has 0 aliphatic rings. The van der Waals surface area contributed by atoms with Crippen LogP contribution in [0.5, 0.6) is 5.75 Å². The second-order valence-corrected chi connectivity index (χ2v) is 6.34. The lowest BCUT2D eigenvalue weighted by molar-refractivity contribution is -0.113. The number of anilines is 1. The SMILES string of the molecule is COc1ccc(NC(=O)CSc2n[nH]c(-c3ccc(C)cc3)n2)cc1. The lowest BCUT2D eigenvalue weighted by atomic mass is 10.1. The van der Waals surface area contributed by atoms with Crippen molar-refractivity contribution in [2.75, 3.05) is 18.2 Å². The summed E-state index contributed by atoms with van der Waals surface area (Å²) < 4.78 is 5.09. The Kier molecular flexibility index (Phi) is 5.35. The molecule has 3 rings (SSSR count). The summed E-state index contributed by atoms with van der Waals surface area (Å²) in [7, 11) is 1.60. The Balaban J connectivity index is 1.54. The minimum atomic E-state index is -0.114. The van der Waals surface area contributed by atoms with Gasteiger partial charge in [0, 0.05) is 11.3 Å². The van der Waals surface area contributed by atoms with Crippen LogP contribution in [0.4, 0.5) is 5.69 Å². The van der Waals surface area contributed by atoms with Gasteiger partial charge in [-0.3, -0.25) is 9.89 Å². The molecule has 0 unspecified atom stereocenters. The number of aromatic amines is 1. The smallest absolute Gasteiger partial charge is 0.234 e. The largest absolute Gasteiger partial charge is 0.497 e. The van der Waals surface area contributed by atoms with Gasteiger partial charge in [-0.15, -0.1) is 5.10 Å². The molecule has 1 aromatic heterocycles. The number of aryl methyl sites for hydroxylation is 1. The molecule has 0 saturated carbocycles. The minimum Gasteiger partial charge on any atom is -0.497 e. The quantitative estimate of drug-likeness (QED) is 0.662. The number of nitrogens with one attached hydrogen (secondary N) is 2. The van der Waals surface area contributed by atoms with Crippen molar-refractivity contribution in [3.8, 4) is 17.1 Å². The zero-order chi connectivity index (χ0) is 17.6. The molecule has 0 fully saturated rings. The van der Waals surface area contributed by atoms with Crippen molar-refractivity contribution >= 4 is 23.4 Å². The number of rotatable bonds is 6. The van der Waals surface area contributed by atoms with Crippen LogP contribution in [0.25, 0.3) is 11.4 Å². The number of thioether (sulfide) groups is 1. The molecule has 25 heavy (non-hydrogen) atoms. The molecule has 1 amide bonds. The molecular formula is C18H18N4O2S. The van der Waals surface area contributed by atoms with Crippen LogP contribution in [0.1, 0.15) is 5.56 Å². The van der Waals surface area contributed by atoms with Gasteiger partial charge in [-0.2, -0.15) is 0 Å². The maximum atomic E-state index is 12.0. The Labute approximate surface area is 150 Å². The highest BCUT2D eigenvalue weighted by Gasteiger charge is 2.09. The zero-order valence-electron chi connectivity index (χ0n) is 13.9. The molecule has 6 nitrogen and oxygen atoms in total. The highest BCUT2D eigenvalue weighted by molar-refractivity contribution is 7.99. The van der Waals surface area contributed by atoms with Gasteiger partial charge < -0.3 is 10.1 Å². The van der Waals surface area contributed by atoms with Gasteiger partial charge in [0.1, 0.15) is 5.75 Å². The van der Waals surface area contributed by atoms with Gasteiger partial charge in [0.05, 0.1) is 12.9 Å². The van der Waals surface area contributed by atoms with Crippen molar-refractivity contribution in [1.29, 1.82) is 0 Å². The Morgan fingerprint density at radius 2 is 1.88 bits per heavy atom. The summed E-state index contributed by atoms with van der Waals surface area (Å²) in [6.45, 7) is 2.03. The van der Waals surface area contributed by atoms with Gasteiger partial charge in [-0.1, -0.05) is 41.6 Å². The zero-order valence-corrected chi connectivity index (χ0v) is 14.8. The van der Waals surface area contributed by atoms with E-state index in [0.29, 0.717) is 11.0 Å². The van der Waals surface area contributed by atoms with Crippen molar-refractivity contribution in [2.45, 2.75) is 12.1 Å². The van der Waals surface area contributed by atoms with E-state index in [2.05, 4.69) is 20.5 Å². The summed E-state index contributed by atoms with van der Waals surface area (Å²) in [5.41, 5.74) is 2.88. The second kappa shape index (κ2) is 7.85. The summed E-state index contributed by atoms with van der Waals surface area (Å²) >= 11 is 1.28. The number of carbonyl (C=O) groups excluding carboxylic acids is 1. The molecule has 1 heterocycles. The number of aromatic nitrogens is 3. The number of carbonyl (C=O) groups is 1. The van der Waals surface area contributed by atoms with E-state index in [-0.39, 0.29) is 11.7 Å².